The molecule has 158 valence electrons. The van der Waals surface area contributed by atoms with Crippen LogP contribution in [0.5, 0.6) is 11.5 Å². The van der Waals surface area contributed by atoms with Gasteiger partial charge in [-0.1, -0.05) is 36.4 Å². The van der Waals surface area contributed by atoms with E-state index >= 15 is 0 Å². The lowest BCUT2D eigenvalue weighted by atomic mass is 10.1. The van der Waals surface area contributed by atoms with Gasteiger partial charge in [-0.05, 0) is 48.4 Å². The third-order valence-electron chi connectivity index (χ3n) is 5.00. The molecule has 0 saturated heterocycles. The summed E-state index contributed by atoms with van der Waals surface area (Å²) >= 11 is 0. The smallest absolute Gasteiger partial charge is 0.319 e. The predicted molar refractivity (Wildman–Crippen MR) is 121 cm³/mol. The van der Waals surface area contributed by atoms with Crippen LogP contribution in [0.15, 0.2) is 72.8 Å². The zero-order chi connectivity index (χ0) is 21.6. The Morgan fingerprint density at radius 2 is 1.71 bits per heavy atom. The Kier molecular flexibility index (Phi) is 6.03. The summed E-state index contributed by atoms with van der Waals surface area (Å²) in [6.07, 6.45) is 0.559. The summed E-state index contributed by atoms with van der Waals surface area (Å²) in [6.45, 7) is 0. The van der Waals surface area contributed by atoms with E-state index in [0.29, 0.717) is 23.7 Å². The molecule has 4 rings (SSSR count). The SMILES string of the molecule is COc1ccc(C[C@@H](NC(=O)Nc2ccccc2OC)c2nc3ccccc3[nH]2)cc1. The average Bonchev–Trinajstić information content (AvgIpc) is 3.24. The average molecular weight is 416 g/mol. The van der Waals surface area contributed by atoms with Gasteiger partial charge in [0.2, 0.25) is 0 Å². The molecule has 0 spiro atoms. The predicted octanol–water partition coefficient (Wildman–Crippen LogP) is 4.69. The summed E-state index contributed by atoms with van der Waals surface area (Å²) in [5, 5.41) is 5.90. The van der Waals surface area contributed by atoms with Gasteiger partial charge in [-0.2, -0.15) is 0 Å². The third kappa shape index (κ3) is 4.78. The van der Waals surface area contributed by atoms with Crippen LogP contribution in [-0.4, -0.2) is 30.2 Å². The number of imidazole rings is 1. The van der Waals surface area contributed by atoms with Gasteiger partial charge in [0.1, 0.15) is 17.3 Å². The fourth-order valence-corrected chi connectivity index (χ4v) is 3.42. The van der Waals surface area contributed by atoms with Crippen LogP contribution in [0.3, 0.4) is 0 Å². The summed E-state index contributed by atoms with van der Waals surface area (Å²) in [4.78, 5) is 20.8. The minimum atomic E-state index is -0.365. The van der Waals surface area contributed by atoms with Gasteiger partial charge in [0.05, 0.1) is 37.0 Å². The number of carbonyl (C=O) groups excluding carboxylic acids is 1. The van der Waals surface area contributed by atoms with Gasteiger partial charge in [0.25, 0.3) is 0 Å². The van der Waals surface area contributed by atoms with E-state index in [9.17, 15) is 4.79 Å². The normalized spacial score (nSPS) is 11.7. The molecule has 0 fully saturated rings. The van der Waals surface area contributed by atoms with Crippen molar-refractivity contribution in [3.05, 3.63) is 84.2 Å². The number of anilines is 1. The van der Waals surface area contributed by atoms with E-state index in [1.54, 1.807) is 26.4 Å². The number of fused-ring (bicyclic) bond motifs is 1. The molecule has 1 atom stereocenters. The van der Waals surface area contributed by atoms with Gasteiger partial charge >= 0.3 is 6.03 Å². The summed E-state index contributed by atoms with van der Waals surface area (Å²) in [5.41, 5.74) is 3.41. The Bertz CT molecular complexity index is 1140. The summed E-state index contributed by atoms with van der Waals surface area (Å²) in [5.74, 6) is 2.06. The molecule has 7 heteroatoms. The standard InChI is InChI=1S/C24H24N4O3/c1-30-17-13-11-16(12-14-17)15-21(23-25-18-7-3-4-8-19(18)26-23)28-24(29)27-20-9-5-6-10-22(20)31-2/h3-14,21H,15H2,1-2H3,(H,25,26)(H2,27,28,29)/t21-/m1/s1. The Hall–Kier alpha value is -4.00. The summed E-state index contributed by atoms with van der Waals surface area (Å²) in [6, 6.07) is 22.1. The van der Waals surface area contributed by atoms with Crippen LogP contribution in [0.1, 0.15) is 17.4 Å². The number of para-hydroxylation sites is 4. The lowest BCUT2D eigenvalue weighted by molar-refractivity contribution is 0.248. The maximum Gasteiger partial charge on any atom is 0.319 e. The highest BCUT2D eigenvalue weighted by atomic mass is 16.5. The Balaban J connectivity index is 1.58. The number of ether oxygens (including phenoxy) is 2. The monoisotopic (exact) mass is 416 g/mol. The second-order valence-electron chi connectivity index (χ2n) is 7.04. The van der Waals surface area contributed by atoms with Gasteiger partial charge in [0, 0.05) is 0 Å². The van der Waals surface area contributed by atoms with Crippen molar-refractivity contribution < 1.29 is 14.3 Å². The van der Waals surface area contributed by atoms with E-state index in [0.717, 1.165) is 22.3 Å². The number of hydrogen-bond donors (Lipinski definition) is 3. The fraction of sp³-hybridized carbons (Fsp3) is 0.167. The molecule has 0 unspecified atom stereocenters. The van der Waals surface area contributed by atoms with Crippen molar-refractivity contribution in [2.45, 2.75) is 12.5 Å². The molecule has 7 nitrogen and oxygen atoms in total. The lowest BCUT2D eigenvalue weighted by Crippen LogP contribution is -2.34. The number of hydrogen-bond acceptors (Lipinski definition) is 4. The highest BCUT2D eigenvalue weighted by molar-refractivity contribution is 5.91. The number of methoxy groups -OCH3 is 2. The maximum absolute atomic E-state index is 12.8. The highest BCUT2D eigenvalue weighted by Crippen LogP contribution is 2.24. The zero-order valence-corrected chi connectivity index (χ0v) is 17.4. The van der Waals surface area contributed by atoms with Gasteiger partial charge in [0.15, 0.2) is 0 Å². The first-order valence-corrected chi connectivity index (χ1v) is 9.94. The maximum atomic E-state index is 12.8. The summed E-state index contributed by atoms with van der Waals surface area (Å²) < 4.78 is 10.6. The number of aromatic amines is 1. The van der Waals surface area contributed by atoms with E-state index < -0.39 is 0 Å². The van der Waals surface area contributed by atoms with E-state index in [2.05, 4.69) is 20.6 Å². The van der Waals surface area contributed by atoms with Crippen molar-refractivity contribution in [3.63, 3.8) is 0 Å². The molecular formula is C24H24N4O3. The third-order valence-corrected chi connectivity index (χ3v) is 5.00. The van der Waals surface area contributed by atoms with E-state index in [4.69, 9.17) is 9.47 Å². The van der Waals surface area contributed by atoms with Crippen molar-refractivity contribution in [3.8, 4) is 11.5 Å². The van der Waals surface area contributed by atoms with Crippen LogP contribution < -0.4 is 20.1 Å². The molecule has 0 aliphatic carbocycles. The van der Waals surface area contributed by atoms with Crippen LogP contribution in [0.2, 0.25) is 0 Å². The minimum Gasteiger partial charge on any atom is -0.497 e. The van der Waals surface area contributed by atoms with E-state index in [1.165, 1.54) is 0 Å². The van der Waals surface area contributed by atoms with Crippen LogP contribution in [0.4, 0.5) is 10.5 Å². The first-order valence-electron chi connectivity index (χ1n) is 9.94. The van der Waals surface area contributed by atoms with E-state index in [1.807, 2.05) is 60.7 Å². The topological polar surface area (TPSA) is 88.3 Å². The molecule has 0 bridgehead atoms. The number of nitrogens with zero attached hydrogens (tertiary/aromatic N) is 1. The first-order chi connectivity index (χ1) is 15.2. The molecule has 4 aromatic rings. The Morgan fingerprint density at radius 1 is 0.968 bits per heavy atom. The molecule has 1 heterocycles. The van der Waals surface area contributed by atoms with Crippen molar-refractivity contribution in [1.82, 2.24) is 15.3 Å². The lowest BCUT2D eigenvalue weighted by Gasteiger charge is -2.18. The quantitative estimate of drug-likeness (QED) is 0.408. The van der Waals surface area contributed by atoms with Crippen LogP contribution >= 0.6 is 0 Å². The molecular weight excluding hydrogens is 392 g/mol. The second kappa shape index (κ2) is 9.21. The number of nitrogens with one attached hydrogen (secondary N) is 3. The molecule has 2 amide bonds. The van der Waals surface area contributed by atoms with Gasteiger partial charge in [-0.3, -0.25) is 0 Å². The number of carbonyl (C=O) groups is 1. The number of rotatable bonds is 7. The van der Waals surface area contributed by atoms with Crippen LogP contribution in [-0.2, 0) is 6.42 Å². The molecule has 0 radical (unpaired) electrons. The molecule has 0 saturated carbocycles. The molecule has 0 aliphatic heterocycles. The number of H-pyrrole nitrogens is 1. The Morgan fingerprint density at radius 3 is 2.45 bits per heavy atom. The molecule has 3 aromatic carbocycles. The first kappa shape index (κ1) is 20.3. The molecule has 0 aliphatic rings. The second-order valence-corrected chi connectivity index (χ2v) is 7.04. The molecule has 1 aromatic heterocycles. The molecule has 31 heavy (non-hydrogen) atoms. The number of aromatic nitrogens is 2. The van der Waals surface area contributed by atoms with Gasteiger partial charge in [-0.15, -0.1) is 0 Å². The zero-order valence-electron chi connectivity index (χ0n) is 17.4. The summed E-state index contributed by atoms with van der Waals surface area (Å²) in [7, 11) is 3.20. The largest absolute Gasteiger partial charge is 0.497 e. The van der Waals surface area contributed by atoms with Crippen molar-refractivity contribution in [2.75, 3.05) is 19.5 Å². The fourth-order valence-electron chi connectivity index (χ4n) is 3.42. The van der Waals surface area contributed by atoms with Gasteiger partial charge < -0.3 is 25.1 Å². The highest BCUT2D eigenvalue weighted by Gasteiger charge is 2.20. The number of benzene rings is 3. The van der Waals surface area contributed by atoms with Crippen molar-refractivity contribution >= 4 is 22.8 Å². The van der Waals surface area contributed by atoms with E-state index in [-0.39, 0.29) is 12.1 Å². The Labute approximate surface area is 180 Å². The van der Waals surface area contributed by atoms with Crippen LogP contribution in [0, 0.1) is 0 Å². The number of urea groups is 1. The van der Waals surface area contributed by atoms with Crippen LogP contribution in [0.25, 0.3) is 11.0 Å². The van der Waals surface area contributed by atoms with Crippen molar-refractivity contribution in [2.24, 2.45) is 0 Å². The van der Waals surface area contributed by atoms with Gasteiger partial charge in [-0.25, -0.2) is 9.78 Å². The number of amides is 2. The minimum absolute atomic E-state index is 0.344. The van der Waals surface area contributed by atoms with Crippen molar-refractivity contribution in [1.29, 1.82) is 0 Å². The molecule has 3 N–H and O–H groups in total.